The first-order chi connectivity index (χ1) is 12.8. The minimum Gasteiger partial charge on any atom is -0.395 e. The van der Waals surface area contributed by atoms with Crippen LogP contribution in [0.4, 0.5) is 0 Å². The second-order valence-electron chi connectivity index (χ2n) is 6.18. The SMILES string of the molecule is Cc1cccc(-n2ccnc2-c2c(-c3ccccc3)ncn2CCO)c1. The van der Waals surface area contributed by atoms with Gasteiger partial charge in [0.1, 0.15) is 5.69 Å². The highest BCUT2D eigenvalue weighted by Crippen LogP contribution is 2.31. The van der Waals surface area contributed by atoms with E-state index in [0.29, 0.717) is 6.54 Å². The average Bonchev–Trinajstić information content (AvgIpc) is 3.29. The number of nitrogens with zero attached hydrogens (tertiary/aromatic N) is 4. The highest BCUT2D eigenvalue weighted by atomic mass is 16.3. The summed E-state index contributed by atoms with van der Waals surface area (Å²) in [5.41, 5.74) is 5.02. The predicted octanol–water partition coefficient (Wildman–Crippen LogP) is 3.70. The van der Waals surface area contributed by atoms with E-state index >= 15 is 0 Å². The first-order valence-electron chi connectivity index (χ1n) is 8.60. The minimum absolute atomic E-state index is 0.0444. The summed E-state index contributed by atoms with van der Waals surface area (Å²) in [6.07, 6.45) is 5.51. The average molecular weight is 344 g/mol. The molecule has 0 saturated carbocycles. The molecule has 0 spiro atoms. The van der Waals surface area contributed by atoms with Crippen LogP contribution >= 0.6 is 0 Å². The Kier molecular flexibility index (Phi) is 4.37. The first-order valence-corrected chi connectivity index (χ1v) is 8.60. The smallest absolute Gasteiger partial charge is 0.163 e. The lowest BCUT2D eigenvalue weighted by Crippen LogP contribution is -2.06. The van der Waals surface area contributed by atoms with Crippen molar-refractivity contribution in [3.05, 3.63) is 78.9 Å². The zero-order chi connectivity index (χ0) is 17.9. The molecule has 0 aliphatic heterocycles. The number of aliphatic hydroxyl groups is 1. The monoisotopic (exact) mass is 344 g/mol. The van der Waals surface area contributed by atoms with Crippen LogP contribution in [-0.4, -0.2) is 30.8 Å². The predicted molar refractivity (Wildman–Crippen MR) is 102 cm³/mol. The Bertz CT molecular complexity index is 1020. The van der Waals surface area contributed by atoms with Gasteiger partial charge in [-0.15, -0.1) is 0 Å². The molecule has 0 fully saturated rings. The van der Waals surface area contributed by atoms with Gasteiger partial charge in [-0.05, 0) is 24.6 Å². The summed E-state index contributed by atoms with van der Waals surface area (Å²) in [5, 5.41) is 9.47. The number of aryl methyl sites for hydroxylation is 1. The van der Waals surface area contributed by atoms with Crippen LogP contribution in [0.5, 0.6) is 0 Å². The maximum Gasteiger partial charge on any atom is 0.163 e. The molecular formula is C21H20N4O. The Hall–Kier alpha value is -3.18. The third kappa shape index (κ3) is 2.93. The van der Waals surface area contributed by atoms with Crippen molar-refractivity contribution in [3.8, 4) is 28.5 Å². The highest BCUT2D eigenvalue weighted by Gasteiger charge is 2.19. The molecule has 1 N–H and O–H groups in total. The summed E-state index contributed by atoms with van der Waals surface area (Å²) < 4.78 is 4.02. The molecule has 4 aromatic rings. The van der Waals surface area contributed by atoms with Gasteiger partial charge < -0.3 is 9.67 Å². The van der Waals surface area contributed by atoms with Crippen molar-refractivity contribution < 1.29 is 5.11 Å². The second kappa shape index (κ2) is 6.98. The van der Waals surface area contributed by atoms with Crippen LogP contribution in [0.2, 0.25) is 0 Å². The van der Waals surface area contributed by atoms with E-state index in [1.54, 1.807) is 12.5 Å². The molecule has 4 rings (SSSR count). The topological polar surface area (TPSA) is 55.9 Å². The molecule has 5 heteroatoms. The van der Waals surface area contributed by atoms with Crippen LogP contribution < -0.4 is 0 Å². The number of hydrogen-bond donors (Lipinski definition) is 1. The first kappa shape index (κ1) is 16.3. The van der Waals surface area contributed by atoms with E-state index in [4.69, 9.17) is 0 Å². The van der Waals surface area contributed by atoms with Crippen LogP contribution in [0.15, 0.2) is 73.3 Å². The summed E-state index contributed by atoms with van der Waals surface area (Å²) in [4.78, 5) is 9.23. The summed E-state index contributed by atoms with van der Waals surface area (Å²) >= 11 is 0. The lowest BCUT2D eigenvalue weighted by atomic mass is 10.1. The van der Waals surface area contributed by atoms with Gasteiger partial charge in [-0.1, -0.05) is 42.5 Å². The van der Waals surface area contributed by atoms with E-state index < -0.39 is 0 Å². The van der Waals surface area contributed by atoms with Crippen molar-refractivity contribution in [2.45, 2.75) is 13.5 Å². The zero-order valence-electron chi connectivity index (χ0n) is 14.6. The van der Waals surface area contributed by atoms with Crippen molar-refractivity contribution >= 4 is 0 Å². The third-order valence-electron chi connectivity index (χ3n) is 4.36. The molecule has 0 aliphatic rings. The minimum atomic E-state index is 0.0444. The molecule has 130 valence electrons. The molecule has 2 aromatic carbocycles. The van der Waals surface area contributed by atoms with Gasteiger partial charge in [-0.3, -0.25) is 4.57 Å². The summed E-state index contributed by atoms with van der Waals surface area (Å²) in [6, 6.07) is 18.4. The van der Waals surface area contributed by atoms with Crippen LogP contribution in [0, 0.1) is 6.92 Å². The molecule has 26 heavy (non-hydrogen) atoms. The van der Waals surface area contributed by atoms with Crippen molar-refractivity contribution in [2.75, 3.05) is 6.61 Å². The van der Waals surface area contributed by atoms with Gasteiger partial charge in [0.25, 0.3) is 0 Å². The quantitative estimate of drug-likeness (QED) is 0.600. The van der Waals surface area contributed by atoms with Gasteiger partial charge >= 0.3 is 0 Å². The van der Waals surface area contributed by atoms with Gasteiger partial charge in [0.05, 0.1) is 18.6 Å². The molecule has 0 atom stereocenters. The molecule has 0 saturated heterocycles. The van der Waals surface area contributed by atoms with Crippen LogP contribution in [0.1, 0.15) is 5.56 Å². The standard InChI is InChI=1S/C21H20N4O/c1-16-6-5-9-18(14-16)25-11-10-22-21(25)20-19(17-7-3-2-4-8-17)23-15-24(20)12-13-26/h2-11,14-15,26H,12-13H2,1H3. The fourth-order valence-electron chi connectivity index (χ4n) is 3.17. The van der Waals surface area contributed by atoms with E-state index in [-0.39, 0.29) is 6.61 Å². The Morgan fingerprint density at radius 2 is 1.85 bits per heavy atom. The number of hydrogen-bond acceptors (Lipinski definition) is 3. The number of rotatable bonds is 5. The zero-order valence-corrected chi connectivity index (χ0v) is 14.6. The van der Waals surface area contributed by atoms with Gasteiger partial charge in [0.15, 0.2) is 5.82 Å². The molecule has 0 aliphatic carbocycles. The summed E-state index contributed by atoms with van der Waals surface area (Å²) in [6.45, 7) is 2.59. The lowest BCUT2D eigenvalue weighted by molar-refractivity contribution is 0.276. The van der Waals surface area contributed by atoms with Crippen molar-refractivity contribution in [2.24, 2.45) is 0 Å². The maximum absolute atomic E-state index is 9.47. The molecule has 0 amide bonds. The number of aliphatic hydroxyl groups excluding tert-OH is 1. The van der Waals surface area contributed by atoms with Gasteiger partial charge in [-0.2, -0.15) is 0 Å². The number of imidazole rings is 2. The Morgan fingerprint density at radius 1 is 1.00 bits per heavy atom. The lowest BCUT2D eigenvalue weighted by Gasteiger charge is -2.12. The Balaban J connectivity index is 1.91. The fourth-order valence-corrected chi connectivity index (χ4v) is 3.17. The fraction of sp³-hybridized carbons (Fsp3) is 0.143. The largest absolute Gasteiger partial charge is 0.395 e. The Labute approximate surface area is 152 Å². The highest BCUT2D eigenvalue weighted by molar-refractivity contribution is 5.76. The van der Waals surface area contributed by atoms with Crippen LogP contribution in [0.3, 0.4) is 0 Å². The number of benzene rings is 2. The van der Waals surface area contributed by atoms with E-state index in [1.165, 1.54) is 5.56 Å². The molecule has 0 bridgehead atoms. The van der Waals surface area contributed by atoms with Crippen molar-refractivity contribution in [1.29, 1.82) is 0 Å². The molecule has 5 nitrogen and oxygen atoms in total. The summed E-state index contributed by atoms with van der Waals surface area (Å²) in [7, 11) is 0. The normalized spacial score (nSPS) is 11.0. The van der Waals surface area contributed by atoms with Crippen molar-refractivity contribution in [3.63, 3.8) is 0 Å². The van der Waals surface area contributed by atoms with Crippen molar-refractivity contribution in [1.82, 2.24) is 19.1 Å². The number of aromatic nitrogens is 4. The van der Waals surface area contributed by atoms with Crippen LogP contribution in [-0.2, 0) is 6.54 Å². The Morgan fingerprint density at radius 3 is 2.62 bits per heavy atom. The molecule has 0 radical (unpaired) electrons. The van der Waals surface area contributed by atoms with E-state index in [9.17, 15) is 5.11 Å². The summed E-state index contributed by atoms with van der Waals surface area (Å²) in [5.74, 6) is 0.806. The second-order valence-corrected chi connectivity index (χ2v) is 6.18. The molecule has 2 heterocycles. The van der Waals surface area contributed by atoms with E-state index in [1.807, 2.05) is 47.2 Å². The molecule has 0 unspecified atom stereocenters. The van der Waals surface area contributed by atoms with E-state index in [0.717, 1.165) is 28.5 Å². The molecular weight excluding hydrogens is 324 g/mol. The van der Waals surface area contributed by atoms with E-state index in [2.05, 4.69) is 39.7 Å². The van der Waals surface area contributed by atoms with Crippen LogP contribution in [0.25, 0.3) is 28.5 Å². The van der Waals surface area contributed by atoms with Gasteiger partial charge in [-0.25, -0.2) is 9.97 Å². The van der Waals surface area contributed by atoms with Gasteiger partial charge in [0, 0.05) is 30.2 Å². The molecule has 2 aromatic heterocycles. The third-order valence-corrected chi connectivity index (χ3v) is 4.36. The van der Waals surface area contributed by atoms with Gasteiger partial charge in [0.2, 0.25) is 0 Å². The maximum atomic E-state index is 9.47.